The molecule has 1 amide bonds. The van der Waals surface area contributed by atoms with Gasteiger partial charge in [0.1, 0.15) is 13.2 Å². The number of amides is 1. The third kappa shape index (κ3) is 65.1. The Morgan fingerprint density at radius 1 is 0.375 bits per heavy atom. The number of quaternary nitrogens is 1. The maximum absolute atomic E-state index is 13.1. The molecule has 0 fully saturated rings. The molecule has 0 spiro atoms. The Morgan fingerprint density at radius 2 is 0.600 bits per heavy atom. The van der Waals surface area contributed by atoms with E-state index in [2.05, 4.69) is 19.2 Å². The summed E-state index contributed by atoms with van der Waals surface area (Å²) in [6, 6.07) is -0.757. The number of nitrogens with zero attached hydrogens (tertiary/aromatic N) is 1. The van der Waals surface area contributed by atoms with E-state index in [1.807, 2.05) is 21.1 Å². The van der Waals surface area contributed by atoms with Gasteiger partial charge in [0.25, 0.3) is 0 Å². The van der Waals surface area contributed by atoms with Crippen molar-refractivity contribution < 1.29 is 32.9 Å². The molecule has 3 atom stereocenters. The van der Waals surface area contributed by atoms with Crippen LogP contribution in [0.25, 0.3) is 0 Å². The predicted molar refractivity (Wildman–Crippen MR) is 351 cm³/mol. The molecule has 80 heavy (non-hydrogen) atoms. The molecule has 0 heterocycles. The van der Waals surface area contributed by atoms with Crippen LogP contribution in [0.1, 0.15) is 399 Å². The molecule has 0 radical (unpaired) electrons. The first-order chi connectivity index (χ1) is 39.0. The number of aliphatic hydroxyl groups is 1. The molecule has 0 aliphatic rings. The van der Waals surface area contributed by atoms with Gasteiger partial charge >= 0.3 is 7.82 Å². The lowest BCUT2D eigenvalue weighted by Gasteiger charge is -2.26. The molecule has 0 rings (SSSR count). The molecule has 0 aliphatic heterocycles. The Bertz CT molecular complexity index is 1260. The summed E-state index contributed by atoms with van der Waals surface area (Å²) in [5.41, 5.74) is 0. The second kappa shape index (κ2) is 63.0. The summed E-state index contributed by atoms with van der Waals surface area (Å²) in [6.07, 6.45) is 79.4. The largest absolute Gasteiger partial charge is 0.472 e. The molecular formula is C71H146N2O6P+. The zero-order chi connectivity index (χ0) is 58.4. The molecule has 0 saturated carbocycles. The summed E-state index contributed by atoms with van der Waals surface area (Å²) < 4.78 is 23.9. The van der Waals surface area contributed by atoms with Gasteiger partial charge < -0.3 is 19.8 Å². The smallest absolute Gasteiger partial charge is 0.391 e. The fraction of sp³-hybridized carbons (Fsp3) is 0.986. The van der Waals surface area contributed by atoms with E-state index in [0.29, 0.717) is 23.9 Å². The van der Waals surface area contributed by atoms with Gasteiger partial charge in [-0.05, 0) is 12.8 Å². The van der Waals surface area contributed by atoms with E-state index in [9.17, 15) is 19.4 Å². The van der Waals surface area contributed by atoms with Crippen molar-refractivity contribution >= 4 is 13.7 Å². The lowest BCUT2D eigenvalue weighted by atomic mass is 10.0. The first-order valence-electron chi connectivity index (χ1n) is 36.4. The van der Waals surface area contributed by atoms with Crippen molar-refractivity contribution in [1.29, 1.82) is 0 Å². The minimum Gasteiger partial charge on any atom is -0.391 e. The van der Waals surface area contributed by atoms with Crippen molar-refractivity contribution in [3.63, 3.8) is 0 Å². The number of hydrogen-bond acceptors (Lipinski definition) is 5. The van der Waals surface area contributed by atoms with Crippen molar-refractivity contribution in [2.45, 2.75) is 411 Å². The van der Waals surface area contributed by atoms with Gasteiger partial charge in [-0.3, -0.25) is 13.8 Å². The third-order valence-corrected chi connectivity index (χ3v) is 18.3. The number of carbonyl (C=O) groups is 1. The topological polar surface area (TPSA) is 105 Å². The van der Waals surface area contributed by atoms with Gasteiger partial charge in [0.15, 0.2) is 0 Å². The Morgan fingerprint density at radius 3 is 0.838 bits per heavy atom. The number of unbranched alkanes of at least 4 members (excludes halogenated alkanes) is 56. The first-order valence-corrected chi connectivity index (χ1v) is 37.9. The van der Waals surface area contributed by atoms with E-state index in [1.54, 1.807) is 0 Å². The fourth-order valence-electron chi connectivity index (χ4n) is 11.7. The third-order valence-electron chi connectivity index (χ3n) is 17.4. The van der Waals surface area contributed by atoms with Crippen molar-refractivity contribution in [3.05, 3.63) is 0 Å². The molecule has 480 valence electrons. The zero-order valence-electron chi connectivity index (χ0n) is 55.1. The number of likely N-dealkylation sites (N-methyl/N-ethyl adjacent to an activating group) is 1. The average Bonchev–Trinajstić information content (AvgIpc) is 3.42. The monoisotopic (exact) mass is 1150 g/mol. The van der Waals surface area contributed by atoms with Crippen molar-refractivity contribution in [2.75, 3.05) is 40.9 Å². The molecule has 8 nitrogen and oxygen atoms in total. The Balaban J connectivity index is 3.92. The summed E-state index contributed by atoms with van der Waals surface area (Å²) in [4.78, 5) is 23.5. The average molecular weight is 1150 g/mol. The van der Waals surface area contributed by atoms with Crippen LogP contribution in [-0.4, -0.2) is 73.4 Å². The summed E-state index contributed by atoms with van der Waals surface area (Å²) in [6.45, 7) is 4.97. The van der Waals surface area contributed by atoms with Crippen LogP contribution in [-0.2, 0) is 18.4 Å². The van der Waals surface area contributed by atoms with E-state index < -0.39 is 20.0 Å². The second-order valence-corrected chi connectivity index (χ2v) is 28.1. The minimum atomic E-state index is -4.33. The summed E-state index contributed by atoms with van der Waals surface area (Å²) >= 11 is 0. The standard InChI is InChI=1S/C71H145N2O6P/c1-6-8-10-12-14-16-18-20-22-24-26-28-30-31-32-33-34-35-36-37-38-39-40-41-43-45-47-49-51-53-55-57-59-61-63-65-71(75)72-69(68-79-80(76,77)78-67-66-73(3,4)5)70(74)64-62-60-58-56-54-52-50-48-46-44-42-29-27-25-23-21-19-17-15-13-11-9-7-2/h69-70,74H,6-68H2,1-5H3,(H-,72,75,76,77)/p+1. The number of aliphatic hydroxyl groups excluding tert-OH is 1. The molecule has 3 unspecified atom stereocenters. The Labute approximate surface area is 501 Å². The highest BCUT2D eigenvalue weighted by atomic mass is 31.2. The minimum absolute atomic E-state index is 0.0795. The van der Waals surface area contributed by atoms with Crippen molar-refractivity contribution in [2.24, 2.45) is 0 Å². The van der Waals surface area contributed by atoms with Crippen LogP contribution in [0.5, 0.6) is 0 Å². The van der Waals surface area contributed by atoms with Gasteiger partial charge in [-0.1, -0.05) is 380 Å². The molecule has 0 aliphatic carbocycles. The molecular weight excluding hydrogens is 1010 g/mol. The van der Waals surface area contributed by atoms with Gasteiger partial charge in [-0.25, -0.2) is 4.57 Å². The zero-order valence-corrected chi connectivity index (χ0v) is 56.0. The van der Waals surface area contributed by atoms with Crippen LogP contribution in [0.3, 0.4) is 0 Å². The van der Waals surface area contributed by atoms with Crippen LogP contribution in [0.15, 0.2) is 0 Å². The quantitative estimate of drug-likeness (QED) is 0.0318. The van der Waals surface area contributed by atoms with Gasteiger partial charge in [-0.15, -0.1) is 0 Å². The predicted octanol–water partition coefficient (Wildman–Crippen LogP) is 23.1. The molecule has 3 N–H and O–H groups in total. The van der Waals surface area contributed by atoms with Gasteiger partial charge in [0.05, 0.1) is 39.9 Å². The fourth-order valence-corrected chi connectivity index (χ4v) is 12.4. The molecule has 0 bridgehead atoms. The van der Waals surface area contributed by atoms with E-state index >= 15 is 0 Å². The normalized spacial score (nSPS) is 13.5. The van der Waals surface area contributed by atoms with Crippen LogP contribution in [0.4, 0.5) is 0 Å². The SMILES string of the molecule is CCCCCCCCCCCCCCCCCCCCCCCCCCCCCCCCCCCCCC(=O)NC(COP(=O)(O)OCC[N+](C)(C)C)C(O)CCCCCCCCCCCCCCCCCCCCCCCCC. The number of rotatable bonds is 69. The lowest BCUT2D eigenvalue weighted by Crippen LogP contribution is -2.46. The number of carbonyl (C=O) groups excluding carboxylic acids is 1. The van der Waals surface area contributed by atoms with Crippen molar-refractivity contribution in [1.82, 2.24) is 5.32 Å². The Kier molecular flexibility index (Phi) is 62.6. The maximum Gasteiger partial charge on any atom is 0.472 e. The van der Waals surface area contributed by atoms with Crippen LogP contribution in [0, 0.1) is 0 Å². The lowest BCUT2D eigenvalue weighted by molar-refractivity contribution is -0.870. The molecule has 9 heteroatoms. The maximum atomic E-state index is 13.1. The van der Waals surface area contributed by atoms with Crippen LogP contribution < -0.4 is 5.32 Å². The highest BCUT2D eigenvalue weighted by Gasteiger charge is 2.28. The highest BCUT2D eigenvalue weighted by Crippen LogP contribution is 2.43. The van der Waals surface area contributed by atoms with Crippen LogP contribution >= 0.6 is 7.82 Å². The van der Waals surface area contributed by atoms with E-state index in [0.717, 1.165) is 38.5 Å². The Hall–Kier alpha value is -0.500. The first kappa shape index (κ1) is 79.5. The summed E-state index contributed by atoms with van der Waals surface area (Å²) in [5, 5.41) is 14.2. The van der Waals surface area contributed by atoms with Gasteiger partial charge in [-0.2, -0.15) is 0 Å². The van der Waals surface area contributed by atoms with Crippen molar-refractivity contribution in [3.8, 4) is 0 Å². The van der Waals surface area contributed by atoms with E-state index in [-0.39, 0.29) is 19.1 Å². The molecule has 0 saturated heterocycles. The number of hydrogen-bond donors (Lipinski definition) is 3. The van der Waals surface area contributed by atoms with E-state index in [4.69, 9.17) is 9.05 Å². The van der Waals surface area contributed by atoms with E-state index in [1.165, 1.54) is 334 Å². The number of phosphoric acid groups is 1. The molecule has 0 aromatic heterocycles. The van der Waals surface area contributed by atoms with Crippen LogP contribution in [0.2, 0.25) is 0 Å². The van der Waals surface area contributed by atoms with Gasteiger partial charge in [0, 0.05) is 6.42 Å². The molecule has 0 aromatic rings. The second-order valence-electron chi connectivity index (χ2n) is 26.7. The highest BCUT2D eigenvalue weighted by molar-refractivity contribution is 7.47. The summed E-state index contributed by atoms with van der Waals surface area (Å²) in [7, 11) is 1.64. The number of nitrogens with one attached hydrogen (secondary N) is 1. The van der Waals surface area contributed by atoms with Gasteiger partial charge in [0.2, 0.25) is 5.91 Å². The number of phosphoric ester groups is 1. The molecule has 0 aromatic carbocycles. The summed E-state index contributed by atoms with van der Waals surface area (Å²) in [5.74, 6) is -0.133.